The Kier molecular flexibility index (Phi) is 4.06. The standard InChI is InChI=1S/C9H18N2OS/c1-7(13-2)9(12)11-4-3-8(5-10)6-11/h7-8H,3-6,10H2,1-2H3. The quantitative estimate of drug-likeness (QED) is 0.727. The summed E-state index contributed by atoms with van der Waals surface area (Å²) < 4.78 is 0. The summed E-state index contributed by atoms with van der Waals surface area (Å²) in [6, 6.07) is 0. The lowest BCUT2D eigenvalue weighted by molar-refractivity contribution is -0.129. The second-order valence-corrected chi connectivity index (χ2v) is 4.73. The normalized spacial score (nSPS) is 24.8. The zero-order valence-corrected chi connectivity index (χ0v) is 9.14. The SMILES string of the molecule is CSC(C)C(=O)N1CCC(CN)C1. The van der Waals surface area contributed by atoms with Crippen LogP contribution >= 0.6 is 11.8 Å². The summed E-state index contributed by atoms with van der Waals surface area (Å²) >= 11 is 1.61. The summed E-state index contributed by atoms with van der Waals surface area (Å²) in [5.41, 5.74) is 5.56. The van der Waals surface area contributed by atoms with Gasteiger partial charge in [0.25, 0.3) is 0 Å². The molecule has 13 heavy (non-hydrogen) atoms. The lowest BCUT2D eigenvalue weighted by atomic mass is 10.1. The maximum Gasteiger partial charge on any atom is 0.235 e. The van der Waals surface area contributed by atoms with Crippen LogP contribution < -0.4 is 5.73 Å². The molecule has 2 unspecified atom stereocenters. The molecule has 0 aromatic carbocycles. The van der Waals surface area contributed by atoms with Gasteiger partial charge in [0.15, 0.2) is 0 Å². The Bertz CT molecular complexity index is 186. The van der Waals surface area contributed by atoms with E-state index in [1.165, 1.54) is 0 Å². The molecule has 0 aliphatic carbocycles. The molecule has 3 nitrogen and oxygen atoms in total. The van der Waals surface area contributed by atoms with Gasteiger partial charge in [-0.05, 0) is 32.1 Å². The van der Waals surface area contributed by atoms with E-state index in [-0.39, 0.29) is 11.2 Å². The summed E-state index contributed by atoms with van der Waals surface area (Å²) in [6.07, 6.45) is 3.04. The number of nitrogens with two attached hydrogens (primary N) is 1. The second kappa shape index (κ2) is 4.86. The smallest absolute Gasteiger partial charge is 0.235 e. The molecule has 1 saturated heterocycles. The van der Waals surface area contributed by atoms with Gasteiger partial charge in [0.2, 0.25) is 5.91 Å². The van der Waals surface area contributed by atoms with Crippen molar-refractivity contribution in [3.8, 4) is 0 Å². The van der Waals surface area contributed by atoms with E-state index < -0.39 is 0 Å². The first-order chi connectivity index (χ1) is 6.19. The third-order valence-corrected chi connectivity index (χ3v) is 3.54. The van der Waals surface area contributed by atoms with E-state index in [2.05, 4.69) is 0 Å². The minimum Gasteiger partial charge on any atom is -0.341 e. The largest absolute Gasteiger partial charge is 0.341 e. The third-order valence-electron chi connectivity index (χ3n) is 2.63. The molecule has 0 radical (unpaired) electrons. The molecular formula is C9H18N2OS. The summed E-state index contributed by atoms with van der Waals surface area (Å²) in [7, 11) is 0. The van der Waals surface area contributed by atoms with Crippen molar-refractivity contribution in [2.45, 2.75) is 18.6 Å². The van der Waals surface area contributed by atoms with Gasteiger partial charge >= 0.3 is 0 Å². The molecule has 1 rings (SSSR count). The van der Waals surface area contributed by atoms with E-state index in [9.17, 15) is 4.79 Å². The van der Waals surface area contributed by atoms with Crippen LogP contribution in [0.4, 0.5) is 0 Å². The fourth-order valence-electron chi connectivity index (χ4n) is 1.58. The highest BCUT2D eigenvalue weighted by atomic mass is 32.2. The Balaban J connectivity index is 2.41. The van der Waals surface area contributed by atoms with Crippen LogP contribution in [0.3, 0.4) is 0 Å². The molecule has 76 valence electrons. The highest BCUT2D eigenvalue weighted by Gasteiger charge is 2.27. The molecule has 0 spiro atoms. The Morgan fingerprint density at radius 3 is 2.92 bits per heavy atom. The van der Waals surface area contributed by atoms with Crippen LogP contribution in [0.15, 0.2) is 0 Å². The molecule has 1 aliphatic heterocycles. The topological polar surface area (TPSA) is 46.3 Å². The summed E-state index contributed by atoms with van der Waals surface area (Å²) in [4.78, 5) is 13.6. The zero-order valence-electron chi connectivity index (χ0n) is 8.32. The van der Waals surface area contributed by atoms with Crippen molar-refractivity contribution in [1.82, 2.24) is 4.90 Å². The molecule has 0 aromatic rings. The first-order valence-corrected chi connectivity index (χ1v) is 5.99. The Morgan fingerprint density at radius 2 is 2.46 bits per heavy atom. The fraction of sp³-hybridized carbons (Fsp3) is 0.889. The molecule has 1 aliphatic rings. The first kappa shape index (κ1) is 10.9. The number of rotatable bonds is 3. The van der Waals surface area contributed by atoms with Crippen LogP contribution in [0.5, 0.6) is 0 Å². The Hall–Kier alpha value is -0.220. The third kappa shape index (κ3) is 2.61. The van der Waals surface area contributed by atoms with E-state index >= 15 is 0 Å². The van der Waals surface area contributed by atoms with Crippen LogP contribution in [0, 0.1) is 5.92 Å². The number of carbonyl (C=O) groups is 1. The average molecular weight is 202 g/mol. The van der Waals surface area contributed by atoms with Crippen molar-refractivity contribution in [3.05, 3.63) is 0 Å². The molecule has 0 bridgehead atoms. The molecule has 1 heterocycles. The minimum atomic E-state index is 0.0940. The number of hydrogen-bond acceptors (Lipinski definition) is 3. The average Bonchev–Trinajstić information content (AvgIpc) is 2.63. The molecule has 2 atom stereocenters. The molecule has 0 aromatic heterocycles. The fourth-order valence-corrected chi connectivity index (χ4v) is 1.93. The van der Waals surface area contributed by atoms with Gasteiger partial charge in [0, 0.05) is 13.1 Å². The summed E-state index contributed by atoms with van der Waals surface area (Å²) in [6.45, 7) is 4.42. The van der Waals surface area contributed by atoms with Gasteiger partial charge in [-0.2, -0.15) is 11.8 Å². The van der Waals surface area contributed by atoms with Gasteiger partial charge in [-0.25, -0.2) is 0 Å². The number of nitrogens with zero attached hydrogens (tertiary/aromatic N) is 1. The maximum atomic E-state index is 11.7. The van der Waals surface area contributed by atoms with Crippen LogP contribution in [-0.4, -0.2) is 41.9 Å². The van der Waals surface area contributed by atoms with Crippen molar-refractivity contribution in [2.24, 2.45) is 11.7 Å². The van der Waals surface area contributed by atoms with E-state index in [1.54, 1.807) is 11.8 Å². The van der Waals surface area contributed by atoms with Crippen molar-refractivity contribution in [2.75, 3.05) is 25.9 Å². The number of amides is 1. The molecule has 4 heteroatoms. The van der Waals surface area contributed by atoms with Crippen molar-refractivity contribution in [1.29, 1.82) is 0 Å². The monoisotopic (exact) mass is 202 g/mol. The highest BCUT2D eigenvalue weighted by Crippen LogP contribution is 2.18. The van der Waals surface area contributed by atoms with E-state index in [1.807, 2.05) is 18.1 Å². The number of hydrogen-bond donors (Lipinski definition) is 1. The van der Waals surface area contributed by atoms with Crippen LogP contribution in [0.25, 0.3) is 0 Å². The molecule has 1 amide bonds. The lowest BCUT2D eigenvalue weighted by Gasteiger charge is -2.19. The van der Waals surface area contributed by atoms with Gasteiger partial charge < -0.3 is 10.6 Å². The zero-order chi connectivity index (χ0) is 9.84. The summed E-state index contributed by atoms with van der Waals surface area (Å²) in [5.74, 6) is 0.793. The van der Waals surface area contributed by atoms with E-state index in [4.69, 9.17) is 5.73 Å². The molecule has 2 N–H and O–H groups in total. The second-order valence-electron chi connectivity index (χ2n) is 3.55. The highest BCUT2D eigenvalue weighted by molar-refractivity contribution is 7.99. The van der Waals surface area contributed by atoms with Crippen LogP contribution in [0.1, 0.15) is 13.3 Å². The molecule has 0 saturated carbocycles. The van der Waals surface area contributed by atoms with Crippen molar-refractivity contribution in [3.63, 3.8) is 0 Å². The predicted molar refractivity (Wildman–Crippen MR) is 56.7 cm³/mol. The predicted octanol–water partition coefficient (Wildman–Crippen LogP) is 0.545. The van der Waals surface area contributed by atoms with Gasteiger partial charge in [-0.15, -0.1) is 0 Å². The van der Waals surface area contributed by atoms with Crippen LogP contribution in [0.2, 0.25) is 0 Å². The van der Waals surface area contributed by atoms with Crippen molar-refractivity contribution >= 4 is 17.7 Å². The molecule has 1 fully saturated rings. The van der Waals surface area contributed by atoms with Gasteiger partial charge in [0.1, 0.15) is 0 Å². The Labute approximate surface area is 84.0 Å². The number of carbonyl (C=O) groups excluding carboxylic acids is 1. The van der Waals surface area contributed by atoms with Gasteiger partial charge in [-0.3, -0.25) is 4.79 Å². The van der Waals surface area contributed by atoms with Gasteiger partial charge in [0.05, 0.1) is 5.25 Å². The van der Waals surface area contributed by atoms with Crippen molar-refractivity contribution < 1.29 is 4.79 Å². The van der Waals surface area contributed by atoms with Gasteiger partial charge in [-0.1, -0.05) is 0 Å². The van der Waals surface area contributed by atoms with E-state index in [0.717, 1.165) is 19.5 Å². The van der Waals surface area contributed by atoms with E-state index in [0.29, 0.717) is 12.5 Å². The first-order valence-electron chi connectivity index (χ1n) is 4.70. The molecular weight excluding hydrogens is 184 g/mol. The minimum absolute atomic E-state index is 0.0940. The number of thioether (sulfide) groups is 1. The maximum absolute atomic E-state index is 11.7. The van der Waals surface area contributed by atoms with Crippen LogP contribution in [-0.2, 0) is 4.79 Å². The summed E-state index contributed by atoms with van der Waals surface area (Å²) in [5, 5.41) is 0.0940. The Morgan fingerprint density at radius 1 is 1.77 bits per heavy atom. The number of likely N-dealkylation sites (tertiary alicyclic amines) is 1. The lowest BCUT2D eigenvalue weighted by Crippen LogP contribution is -2.35.